The summed E-state index contributed by atoms with van der Waals surface area (Å²) in [4.78, 5) is 25.2. The molecule has 1 N–H and O–H groups in total. The van der Waals surface area contributed by atoms with Crippen LogP contribution in [0.25, 0.3) is 0 Å². The van der Waals surface area contributed by atoms with E-state index in [0.29, 0.717) is 22.9 Å². The zero-order valence-corrected chi connectivity index (χ0v) is 13.6. The largest absolute Gasteiger partial charge is 0.482 e. The van der Waals surface area contributed by atoms with Crippen LogP contribution in [0.2, 0.25) is 0 Å². The maximum absolute atomic E-state index is 12.6. The van der Waals surface area contributed by atoms with Crippen molar-refractivity contribution in [3.8, 4) is 5.75 Å². The van der Waals surface area contributed by atoms with Crippen LogP contribution in [-0.4, -0.2) is 37.7 Å². The molecule has 122 valence electrons. The van der Waals surface area contributed by atoms with Crippen LogP contribution < -0.4 is 9.64 Å². The molecule has 0 aliphatic rings. The predicted octanol–water partition coefficient (Wildman–Crippen LogP) is 2.63. The number of rotatable bonds is 7. The first-order chi connectivity index (χ1) is 11.0. The number of nitrogens with zero attached hydrogens (tertiary/aromatic N) is 1. The van der Waals surface area contributed by atoms with E-state index in [1.807, 2.05) is 11.4 Å². The summed E-state index contributed by atoms with van der Waals surface area (Å²) in [6.45, 7) is -0.00985. The van der Waals surface area contributed by atoms with Crippen LogP contribution in [-0.2, 0) is 16.1 Å². The second-order valence-electron chi connectivity index (χ2n) is 4.75. The number of anilines is 1. The number of hydrogen-bond acceptors (Lipinski definition) is 5. The Morgan fingerprint density at radius 1 is 1.22 bits per heavy atom. The topological polar surface area (TPSA) is 76.1 Å². The van der Waals surface area contributed by atoms with Crippen molar-refractivity contribution in [1.82, 2.24) is 0 Å². The number of ether oxygens (including phenoxy) is 2. The van der Waals surface area contributed by atoms with Gasteiger partial charge in [0, 0.05) is 25.4 Å². The summed E-state index contributed by atoms with van der Waals surface area (Å²) >= 11 is 1.37. The number of carboxylic acid groups (broad SMARTS) is 1. The van der Waals surface area contributed by atoms with E-state index in [-0.39, 0.29) is 5.91 Å². The van der Waals surface area contributed by atoms with Gasteiger partial charge in [0.25, 0.3) is 5.91 Å². The molecule has 1 aromatic heterocycles. The van der Waals surface area contributed by atoms with Gasteiger partial charge in [0.15, 0.2) is 6.61 Å². The first kappa shape index (κ1) is 17.0. The number of amides is 1. The lowest BCUT2D eigenvalue weighted by molar-refractivity contribution is -0.139. The SMILES string of the molecule is COCc1ccsc1C(=O)N(C)c1ccc(OCC(=O)O)cc1. The van der Waals surface area contributed by atoms with Gasteiger partial charge in [-0.05, 0) is 35.7 Å². The van der Waals surface area contributed by atoms with Gasteiger partial charge in [-0.1, -0.05) is 0 Å². The van der Waals surface area contributed by atoms with E-state index >= 15 is 0 Å². The Bertz CT molecular complexity index is 680. The standard InChI is InChI=1S/C16H17NO5S/c1-17(16(20)15-11(9-21-2)7-8-23-15)12-3-5-13(6-4-12)22-10-14(18)19/h3-8H,9-10H2,1-2H3,(H,18,19). The molecule has 0 saturated heterocycles. The molecule has 0 bridgehead atoms. The number of carbonyl (C=O) groups is 2. The smallest absolute Gasteiger partial charge is 0.341 e. The minimum Gasteiger partial charge on any atom is -0.482 e. The van der Waals surface area contributed by atoms with Crippen molar-refractivity contribution >= 4 is 28.9 Å². The van der Waals surface area contributed by atoms with Gasteiger partial charge in [-0.25, -0.2) is 4.79 Å². The normalized spacial score (nSPS) is 10.3. The summed E-state index contributed by atoms with van der Waals surface area (Å²) < 4.78 is 10.2. The highest BCUT2D eigenvalue weighted by Crippen LogP contribution is 2.24. The van der Waals surface area contributed by atoms with E-state index < -0.39 is 12.6 Å². The third kappa shape index (κ3) is 4.30. The molecule has 0 aliphatic heterocycles. The Morgan fingerprint density at radius 3 is 2.52 bits per heavy atom. The summed E-state index contributed by atoms with van der Waals surface area (Å²) in [5.74, 6) is -0.718. The van der Waals surface area contributed by atoms with Gasteiger partial charge < -0.3 is 19.5 Å². The molecule has 1 aromatic carbocycles. The molecular formula is C16H17NO5S. The second kappa shape index (κ2) is 7.75. The fraction of sp³-hybridized carbons (Fsp3) is 0.250. The molecule has 0 atom stereocenters. The van der Waals surface area contributed by atoms with Gasteiger partial charge >= 0.3 is 5.97 Å². The maximum Gasteiger partial charge on any atom is 0.341 e. The molecule has 0 spiro atoms. The van der Waals surface area contributed by atoms with E-state index in [1.54, 1.807) is 38.4 Å². The van der Waals surface area contributed by atoms with Crippen molar-refractivity contribution in [2.45, 2.75) is 6.61 Å². The van der Waals surface area contributed by atoms with E-state index in [0.717, 1.165) is 5.56 Å². The average Bonchev–Trinajstić information content (AvgIpc) is 3.00. The summed E-state index contributed by atoms with van der Waals surface area (Å²) in [6.07, 6.45) is 0. The lowest BCUT2D eigenvalue weighted by Gasteiger charge is -2.17. The van der Waals surface area contributed by atoms with Crippen molar-refractivity contribution in [2.24, 2.45) is 0 Å². The molecule has 0 saturated carbocycles. The number of thiophene rings is 1. The molecule has 2 aromatic rings. The number of hydrogen-bond donors (Lipinski definition) is 1. The first-order valence-electron chi connectivity index (χ1n) is 6.81. The fourth-order valence-electron chi connectivity index (χ4n) is 1.97. The number of carboxylic acids is 1. The van der Waals surface area contributed by atoms with Crippen LogP contribution in [0, 0.1) is 0 Å². The molecule has 23 heavy (non-hydrogen) atoms. The molecular weight excluding hydrogens is 318 g/mol. The van der Waals surface area contributed by atoms with Gasteiger partial charge in [0.2, 0.25) is 0 Å². The lowest BCUT2D eigenvalue weighted by atomic mass is 10.2. The highest BCUT2D eigenvalue weighted by atomic mass is 32.1. The van der Waals surface area contributed by atoms with Gasteiger partial charge in [0.1, 0.15) is 5.75 Å². The Labute approximate surface area is 137 Å². The van der Waals surface area contributed by atoms with E-state index in [9.17, 15) is 9.59 Å². The molecule has 1 heterocycles. The van der Waals surface area contributed by atoms with Gasteiger partial charge in [-0.3, -0.25) is 4.79 Å². The summed E-state index contributed by atoms with van der Waals surface area (Å²) in [5.41, 5.74) is 1.55. The number of aliphatic carboxylic acids is 1. The number of methoxy groups -OCH3 is 1. The van der Waals surface area contributed by atoms with Crippen molar-refractivity contribution in [3.63, 3.8) is 0 Å². The fourth-order valence-corrected chi connectivity index (χ4v) is 2.86. The number of carbonyl (C=O) groups excluding carboxylic acids is 1. The summed E-state index contributed by atoms with van der Waals surface area (Å²) in [5, 5.41) is 10.4. The summed E-state index contributed by atoms with van der Waals surface area (Å²) in [7, 11) is 3.28. The molecule has 0 aliphatic carbocycles. The van der Waals surface area contributed by atoms with Gasteiger partial charge in [-0.15, -0.1) is 11.3 Å². The van der Waals surface area contributed by atoms with Crippen LogP contribution in [0.1, 0.15) is 15.2 Å². The zero-order valence-electron chi connectivity index (χ0n) is 12.8. The van der Waals surface area contributed by atoms with Crippen LogP contribution in [0.4, 0.5) is 5.69 Å². The Hall–Kier alpha value is -2.38. The monoisotopic (exact) mass is 335 g/mol. The minimum absolute atomic E-state index is 0.119. The highest BCUT2D eigenvalue weighted by molar-refractivity contribution is 7.12. The molecule has 6 nitrogen and oxygen atoms in total. The van der Waals surface area contributed by atoms with Gasteiger partial charge in [-0.2, -0.15) is 0 Å². The molecule has 7 heteroatoms. The highest BCUT2D eigenvalue weighted by Gasteiger charge is 2.18. The number of benzene rings is 1. The molecule has 0 unspecified atom stereocenters. The van der Waals surface area contributed by atoms with E-state index in [2.05, 4.69) is 0 Å². The second-order valence-corrected chi connectivity index (χ2v) is 5.66. The molecule has 1 amide bonds. The summed E-state index contributed by atoms with van der Waals surface area (Å²) in [6, 6.07) is 8.55. The molecule has 2 rings (SSSR count). The van der Waals surface area contributed by atoms with Gasteiger partial charge in [0.05, 0.1) is 11.5 Å². The minimum atomic E-state index is -1.04. The first-order valence-corrected chi connectivity index (χ1v) is 7.69. The van der Waals surface area contributed by atoms with E-state index in [1.165, 1.54) is 16.2 Å². The van der Waals surface area contributed by atoms with E-state index in [4.69, 9.17) is 14.6 Å². The van der Waals surface area contributed by atoms with Crippen LogP contribution in [0.15, 0.2) is 35.7 Å². The predicted molar refractivity (Wildman–Crippen MR) is 87.3 cm³/mol. The van der Waals surface area contributed by atoms with Crippen molar-refractivity contribution in [2.75, 3.05) is 25.7 Å². The van der Waals surface area contributed by atoms with Crippen molar-refractivity contribution in [3.05, 3.63) is 46.2 Å². The molecule has 0 radical (unpaired) electrons. The Balaban J connectivity index is 2.10. The zero-order chi connectivity index (χ0) is 16.8. The average molecular weight is 335 g/mol. The van der Waals surface area contributed by atoms with Crippen LogP contribution in [0.5, 0.6) is 5.75 Å². The lowest BCUT2D eigenvalue weighted by Crippen LogP contribution is -2.26. The maximum atomic E-state index is 12.6. The van der Waals surface area contributed by atoms with Crippen LogP contribution >= 0.6 is 11.3 Å². The third-order valence-electron chi connectivity index (χ3n) is 3.13. The third-order valence-corrected chi connectivity index (χ3v) is 4.08. The Kier molecular flexibility index (Phi) is 5.72. The van der Waals surface area contributed by atoms with Crippen molar-refractivity contribution in [1.29, 1.82) is 0 Å². The molecule has 0 fully saturated rings. The van der Waals surface area contributed by atoms with Crippen molar-refractivity contribution < 1.29 is 24.2 Å². The Morgan fingerprint density at radius 2 is 1.91 bits per heavy atom. The quantitative estimate of drug-likeness (QED) is 0.842. The van der Waals surface area contributed by atoms with Crippen LogP contribution in [0.3, 0.4) is 0 Å².